The number of aromatic nitrogens is 2. The first-order chi connectivity index (χ1) is 16.5. The van der Waals surface area contributed by atoms with Gasteiger partial charge in [-0.05, 0) is 55.0 Å². The zero-order valence-electron chi connectivity index (χ0n) is 19.0. The van der Waals surface area contributed by atoms with E-state index in [0.29, 0.717) is 12.5 Å². The van der Waals surface area contributed by atoms with Gasteiger partial charge >= 0.3 is 0 Å². The van der Waals surface area contributed by atoms with Crippen LogP contribution in [0.3, 0.4) is 0 Å². The van der Waals surface area contributed by atoms with E-state index in [1.165, 1.54) is 40.9 Å². The van der Waals surface area contributed by atoms with Crippen LogP contribution >= 0.6 is 11.5 Å². The molecule has 176 valence electrons. The van der Waals surface area contributed by atoms with Crippen LogP contribution in [-0.4, -0.2) is 39.8 Å². The van der Waals surface area contributed by atoms with Crippen molar-refractivity contribution in [3.05, 3.63) is 87.2 Å². The Labute approximate surface area is 202 Å². The van der Waals surface area contributed by atoms with E-state index in [0.717, 1.165) is 48.9 Å². The Kier molecular flexibility index (Phi) is 7.64. The molecule has 0 bridgehead atoms. The molecule has 1 aromatic heterocycles. The Balaban J connectivity index is 1.20. The lowest BCUT2D eigenvalue weighted by Gasteiger charge is -2.31. The van der Waals surface area contributed by atoms with Gasteiger partial charge in [0.25, 0.3) is 5.69 Å². The molecule has 0 saturated carbocycles. The predicted octanol–water partition coefficient (Wildman–Crippen LogP) is 4.39. The summed E-state index contributed by atoms with van der Waals surface area (Å²) in [4.78, 5) is 29.4. The number of anilines is 1. The molecule has 2 aromatic carbocycles. The Morgan fingerprint density at radius 1 is 1.18 bits per heavy atom. The van der Waals surface area contributed by atoms with E-state index < -0.39 is 4.92 Å². The van der Waals surface area contributed by atoms with Crippen LogP contribution in [0.25, 0.3) is 6.08 Å². The number of benzene rings is 2. The highest BCUT2D eigenvalue weighted by Gasteiger charge is 2.22. The predicted molar refractivity (Wildman–Crippen MR) is 134 cm³/mol. The van der Waals surface area contributed by atoms with Gasteiger partial charge < -0.3 is 10.2 Å². The third-order valence-corrected chi connectivity index (χ3v) is 6.74. The van der Waals surface area contributed by atoms with Gasteiger partial charge in [0.15, 0.2) is 0 Å². The van der Waals surface area contributed by atoms with Crippen molar-refractivity contribution in [1.29, 1.82) is 0 Å². The average Bonchev–Trinajstić information content (AvgIpc) is 3.32. The number of non-ortho nitro benzene ring substituents is 1. The molecule has 3 aromatic rings. The van der Waals surface area contributed by atoms with Gasteiger partial charge in [-0.2, -0.15) is 4.37 Å². The highest BCUT2D eigenvalue weighted by atomic mass is 32.1. The molecule has 0 spiro atoms. The standard InChI is InChI=1S/C25H27N5O3S/c1-18-2-4-20(5-3-18)16-23-27-25(34-28-23)29-14-12-21(13-15-29)17-26-24(31)11-8-19-6-9-22(10-7-19)30(32)33/h2-11,21H,12-17H2,1H3,(H,26,31). The molecule has 9 heteroatoms. The summed E-state index contributed by atoms with van der Waals surface area (Å²) >= 11 is 1.45. The minimum atomic E-state index is -0.444. The summed E-state index contributed by atoms with van der Waals surface area (Å²) in [7, 11) is 0. The minimum Gasteiger partial charge on any atom is -0.352 e. The van der Waals surface area contributed by atoms with E-state index in [1.54, 1.807) is 18.2 Å². The van der Waals surface area contributed by atoms with Gasteiger partial charge in [-0.3, -0.25) is 14.9 Å². The second-order valence-corrected chi connectivity index (χ2v) is 9.24. The fraction of sp³-hybridized carbons (Fsp3) is 0.320. The zero-order valence-corrected chi connectivity index (χ0v) is 19.8. The fourth-order valence-corrected chi connectivity index (χ4v) is 4.58. The van der Waals surface area contributed by atoms with Crippen LogP contribution in [0.2, 0.25) is 0 Å². The van der Waals surface area contributed by atoms with E-state index in [-0.39, 0.29) is 11.6 Å². The van der Waals surface area contributed by atoms with Crippen molar-refractivity contribution < 1.29 is 9.72 Å². The van der Waals surface area contributed by atoms with Gasteiger partial charge in [0.1, 0.15) is 5.82 Å². The number of rotatable bonds is 8. The normalized spacial score (nSPS) is 14.4. The van der Waals surface area contributed by atoms with Crippen molar-refractivity contribution in [2.45, 2.75) is 26.2 Å². The van der Waals surface area contributed by atoms with Crippen LogP contribution in [0.5, 0.6) is 0 Å². The lowest BCUT2D eigenvalue weighted by atomic mass is 9.97. The molecular weight excluding hydrogens is 450 g/mol. The summed E-state index contributed by atoms with van der Waals surface area (Å²) in [5.74, 6) is 1.12. The first kappa shape index (κ1) is 23.6. The van der Waals surface area contributed by atoms with Crippen LogP contribution < -0.4 is 10.2 Å². The quantitative estimate of drug-likeness (QED) is 0.293. The van der Waals surface area contributed by atoms with Crippen molar-refractivity contribution in [3.8, 4) is 0 Å². The molecule has 1 N–H and O–H groups in total. The third-order valence-electron chi connectivity index (χ3n) is 5.92. The van der Waals surface area contributed by atoms with Crippen molar-refractivity contribution in [2.24, 2.45) is 5.92 Å². The van der Waals surface area contributed by atoms with Gasteiger partial charge in [-0.1, -0.05) is 29.8 Å². The summed E-state index contributed by atoms with van der Waals surface area (Å²) in [6.07, 6.45) is 5.84. The first-order valence-corrected chi connectivity index (χ1v) is 12.1. The second kappa shape index (κ2) is 11.0. The zero-order chi connectivity index (χ0) is 23.9. The number of amides is 1. The molecular formula is C25H27N5O3S. The van der Waals surface area contributed by atoms with Gasteiger partial charge in [-0.15, -0.1) is 0 Å². The van der Waals surface area contributed by atoms with E-state index in [1.807, 2.05) is 0 Å². The number of hydrogen-bond donors (Lipinski definition) is 1. The number of carbonyl (C=O) groups excluding carboxylic acids is 1. The lowest BCUT2D eigenvalue weighted by Crippen LogP contribution is -2.38. The third kappa shape index (κ3) is 6.48. The molecule has 1 aliphatic rings. The maximum atomic E-state index is 12.2. The van der Waals surface area contributed by atoms with E-state index in [9.17, 15) is 14.9 Å². The summed E-state index contributed by atoms with van der Waals surface area (Å²) in [6, 6.07) is 14.6. The average molecular weight is 478 g/mol. The summed E-state index contributed by atoms with van der Waals surface area (Å²) in [6.45, 7) is 4.51. The molecule has 1 saturated heterocycles. The van der Waals surface area contributed by atoms with Crippen molar-refractivity contribution >= 4 is 34.3 Å². The second-order valence-electron chi connectivity index (χ2n) is 8.51. The number of aryl methyl sites for hydroxylation is 1. The van der Waals surface area contributed by atoms with E-state index in [4.69, 9.17) is 4.98 Å². The van der Waals surface area contributed by atoms with Crippen LogP contribution in [0.1, 0.15) is 35.4 Å². The molecule has 0 aliphatic carbocycles. The molecule has 1 fully saturated rings. The number of nitro benzene ring substituents is 1. The van der Waals surface area contributed by atoms with Crippen LogP contribution in [0.4, 0.5) is 10.8 Å². The molecule has 0 unspecified atom stereocenters. The minimum absolute atomic E-state index is 0.0314. The molecule has 0 atom stereocenters. The van der Waals surface area contributed by atoms with Gasteiger partial charge in [0, 0.05) is 55.8 Å². The largest absolute Gasteiger partial charge is 0.352 e. The maximum absolute atomic E-state index is 12.2. The van der Waals surface area contributed by atoms with Gasteiger partial charge in [0.05, 0.1) is 4.92 Å². The van der Waals surface area contributed by atoms with Crippen LogP contribution in [-0.2, 0) is 11.2 Å². The van der Waals surface area contributed by atoms with Crippen molar-refractivity contribution in [3.63, 3.8) is 0 Å². The van der Waals surface area contributed by atoms with Crippen molar-refractivity contribution in [2.75, 3.05) is 24.5 Å². The smallest absolute Gasteiger partial charge is 0.269 e. The van der Waals surface area contributed by atoms with Gasteiger partial charge in [0.2, 0.25) is 11.0 Å². The molecule has 34 heavy (non-hydrogen) atoms. The van der Waals surface area contributed by atoms with E-state index in [2.05, 4.69) is 45.8 Å². The number of carbonyl (C=O) groups is 1. The Bertz CT molecular complexity index is 1150. The Hall–Kier alpha value is -3.59. The number of nitrogens with one attached hydrogen (secondary N) is 1. The van der Waals surface area contributed by atoms with Crippen molar-refractivity contribution in [1.82, 2.24) is 14.7 Å². The highest BCUT2D eigenvalue weighted by Crippen LogP contribution is 2.25. The number of hydrogen-bond acceptors (Lipinski definition) is 7. The number of piperidine rings is 1. The fourth-order valence-electron chi connectivity index (χ4n) is 3.84. The van der Waals surface area contributed by atoms with Crippen LogP contribution in [0.15, 0.2) is 54.6 Å². The Morgan fingerprint density at radius 3 is 2.56 bits per heavy atom. The summed E-state index contributed by atoms with van der Waals surface area (Å²) in [5.41, 5.74) is 3.24. The molecule has 8 nitrogen and oxygen atoms in total. The SMILES string of the molecule is Cc1ccc(Cc2nsc(N3CCC(CNC(=O)C=Cc4ccc([N+](=O)[O-])cc4)CC3)n2)cc1. The summed E-state index contributed by atoms with van der Waals surface area (Å²) in [5, 5.41) is 14.6. The molecule has 4 rings (SSSR count). The molecule has 0 radical (unpaired) electrons. The highest BCUT2D eigenvalue weighted by molar-refractivity contribution is 7.09. The number of nitro groups is 1. The first-order valence-electron chi connectivity index (χ1n) is 11.3. The lowest BCUT2D eigenvalue weighted by molar-refractivity contribution is -0.384. The molecule has 2 heterocycles. The van der Waals surface area contributed by atoms with E-state index >= 15 is 0 Å². The Morgan fingerprint density at radius 2 is 1.88 bits per heavy atom. The van der Waals surface area contributed by atoms with Crippen LogP contribution in [0, 0.1) is 23.0 Å². The summed E-state index contributed by atoms with van der Waals surface area (Å²) < 4.78 is 4.54. The molecule has 1 aliphatic heterocycles. The molecule has 1 amide bonds. The monoisotopic (exact) mass is 477 g/mol. The topological polar surface area (TPSA) is 101 Å². The maximum Gasteiger partial charge on any atom is 0.269 e. The number of nitrogens with zero attached hydrogens (tertiary/aromatic N) is 4. The van der Waals surface area contributed by atoms with Gasteiger partial charge in [-0.25, -0.2) is 4.98 Å².